The van der Waals surface area contributed by atoms with Gasteiger partial charge in [-0.05, 0) is 37.6 Å². The lowest BCUT2D eigenvalue weighted by Crippen LogP contribution is -2.38. The molecule has 0 aliphatic carbocycles. The minimum Gasteiger partial charge on any atom is -0.313 e. The van der Waals surface area contributed by atoms with Crippen LogP contribution in [-0.4, -0.2) is 34.0 Å². The maximum atomic E-state index is 13.3. The van der Waals surface area contributed by atoms with Gasteiger partial charge in [0.2, 0.25) is 10.0 Å². The highest BCUT2D eigenvalue weighted by Crippen LogP contribution is 2.23. The smallest absolute Gasteiger partial charge is 0.243 e. The summed E-state index contributed by atoms with van der Waals surface area (Å²) in [6, 6.07) is 3.83. The van der Waals surface area contributed by atoms with Crippen LogP contribution in [0.4, 0.5) is 4.39 Å². The predicted octanol–water partition coefficient (Wildman–Crippen LogP) is 1.24. The minimum absolute atomic E-state index is 0.103. The lowest BCUT2D eigenvalue weighted by molar-refractivity contribution is 0.333. The van der Waals surface area contributed by atoms with Crippen LogP contribution in [0.2, 0.25) is 0 Å². The average molecular weight is 310 g/mol. The Bertz CT molecular complexity index is 800. The monoisotopic (exact) mass is 310 g/mol. The van der Waals surface area contributed by atoms with Gasteiger partial charge >= 0.3 is 0 Å². The summed E-state index contributed by atoms with van der Waals surface area (Å²) in [7, 11) is -3.65. The molecule has 3 rings (SSSR count). The van der Waals surface area contributed by atoms with Crippen molar-refractivity contribution in [1.29, 1.82) is 0 Å². The van der Waals surface area contributed by atoms with Crippen LogP contribution in [0.25, 0.3) is 0 Å². The second-order valence-corrected chi connectivity index (χ2v) is 7.00. The van der Waals surface area contributed by atoms with Crippen molar-refractivity contribution in [2.45, 2.75) is 31.8 Å². The molecule has 2 aromatic rings. The van der Waals surface area contributed by atoms with Crippen LogP contribution in [0.15, 0.2) is 23.1 Å². The Labute approximate surface area is 122 Å². The van der Waals surface area contributed by atoms with Crippen LogP contribution in [-0.2, 0) is 23.1 Å². The molecule has 0 bridgehead atoms. The zero-order valence-electron chi connectivity index (χ0n) is 11.7. The van der Waals surface area contributed by atoms with E-state index in [0.717, 1.165) is 5.82 Å². The molecule has 0 fully saturated rings. The van der Waals surface area contributed by atoms with Crippen molar-refractivity contribution in [2.75, 3.05) is 6.54 Å². The molecule has 112 valence electrons. The number of aromatic nitrogens is 3. The summed E-state index contributed by atoms with van der Waals surface area (Å²) < 4.78 is 41.8. The van der Waals surface area contributed by atoms with Gasteiger partial charge in [-0.2, -0.15) is 4.31 Å². The van der Waals surface area contributed by atoms with Crippen molar-refractivity contribution in [1.82, 2.24) is 19.1 Å². The van der Waals surface area contributed by atoms with Gasteiger partial charge < -0.3 is 4.57 Å². The van der Waals surface area contributed by atoms with Crippen molar-refractivity contribution in [2.24, 2.45) is 0 Å². The van der Waals surface area contributed by atoms with E-state index in [2.05, 4.69) is 10.2 Å². The van der Waals surface area contributed by atoms with Gasteiger partial charge in [-0.1, -0.05) is 0 Å². The quantitative estimate of drug-likeness (QED) is 0.837. The molecular formula is C13H15FN4O2S. The molecule has 1 aliphatic heterocycles. The molecule has 1 aromatic heterocycles. The fourth-order valence-corrected chi connectivity index (χ4v) is 3.88. The molecule has 8 heteroatoms. The zero-order valence-corrected chi connectivity index (χ0v) is 12.6. The normalized spacial score (nSPS) is 16.0. The Morgan fingerprint density at radius 3 is 2.67 bits per heavy atom. The maximum Gasteiger partial charge on any atom is 0.243 e. The average Bonchev–Trinajstić information content (AvgIpc) is 2.83. The summed E-state index contributed by atoms with van der Waals surface area (Å²) >= 11 is 0. The number of rotatable bonds is 2. The number of aryl methyl sites for hydroxylation is 2. The molecule has 0 N–H and O–H groups in total. The van der Waals surface area contributed by atoms with Crippen LogP contribution in [0.5, 0.6) is 0 Å². The van der Waals surface area contributed by atoms with Crippen molar-refractivity contribution >= 4 is 10.0 Å². The largest absolute Gasteiger partial charge is 0.313 e. The topological polar surface area (TPSA) is 68.1 Å². The molecule has 0 spiro atoms. The van der Waals surface area contributed by atoms with Gasteiger partial charge in [0.25, 0.3) is 0 Å². The number of benzene rings is 1. The summed E-state index contributed by atoms with van der Waals surface area (Å²) in [4.78, 5) is 0.103. The number of fused-ring (bicyclic) bond motifs is 1. The van der Waals surface area contributed by atoms with Crippen molar-refractivity contribution in [3.05, 3.63) is 41.2 Å². The summed E-state index contributed by atoms with van der Waals surface area (Å²) in [5, 5.41) is 7.95. The number of hydrogen-bond acceptors (Lipinski definition) is 4. The zero-order chi connectivity index (χ0) is 15.2. The molecule has 6 nitrogen and oxygen atoms in total. The van der Waals surface area contributed by atoms with E-state index >= 15 is 0 Å². The van der Waals surface area contributed by atoms with Crippen LogP contribution in [0.3, 0.4) is 0 Å². The number of hydrogen-bond donors (Lipinski definition) is 0. The first-order valence-electron chi connectivity index (χ1n) is 6.54. The van der Waals surface area contributed by atoms with Gasteiger partial charge in [0.15, 0.2) is 0 Å². The Hall–Kier alpha value is -1.80. The second-order valence-electron chi connectivity index (χ2n) is 5.06. The van der Waals surface area contributed by atoms with Crippen molar-refractivity contribution < 1.29 is 12.8 Å². The highest BCUT2D eigenvalue weighted by molar-refractivity contribution is 7.89. The lowest BCUT2D eigenvalue weighted by atomic mass is 10.2. The van der Waals surface area contributed by atoms with Gasteiger partial charge in [0.1, 0.15) is 17.5 Å². The van der Waals surface area contributed by atoms with Crippen molar-refractivity contribution in [3.63, 3.8) is 0 Å². The lowest BCUT2D eigenvalue weighted by Gasteiger charge is -2.27. The number of sulfonamides is 1. The van der Waals surface area contributed by atoms with Gasteiger partial charge in [0, 0.05) is 13.1 Å². The van der Waals surface area contributed by atoms with Gasteiger partial charge in [-0.15, -0.1) is 10.2 Å². The summed E-state index contributed by atoms with van der Waals surface area (Å²) in [5.74, 6) is 0.990. The SMILES string of the molecule is Cc1cc(S(=O)(=O)N2CCn3c(C)nnc3C2)ccc1F. The third kappa shape index (κ3) is 2.34. The molecule has 0 amide bonds. The standard InChI is InChI=1S/C13H15FN4O2S/c1-9-7-11(3-4-12(9)14)21(19,20)17-5-6-18-10(2)15-16-13(18)8-17/h3-4,7H,5-6,8H2,1-2H3. The van der Waals surface area contributed by atoms with E-state index in [-0.39, 0.29) is 11.4 Å². The molecule has 21 heavy (non-hydrogen) atoms. The molecule has 0 unspecified atom stereocenters. The molecule has 0 radical (unpaired) electrons. The van der Waals surface area contributed by atoms with Crippen LogP contribution >= 0.6 is 0 Å². The van der Waals surface area contributed by atoms with E-state index in [1.807, 2.05) is 11.5 Å². The third-order valence-corrected chi connectivity index (χ3v) is 5.51. The van der Waals surface area contributed by atoms with Crippen LogP contribution < -0.4 is 0 Å². The molecular weight excluding hydrogens is 295 g/mol. The van der Waals surface area contributed by atoms with E-state index in [1.165, 1.54) is 22.5 Å². The van der Waals surface area contributed by atoms with E-state index < -0.39 is 15.8 Å². The maximum absolute atomic E-state index is 13.3. The Morgan fingerprint density at radius 1 is 1.19 bits per heavy atom. The summed E-state index contributed by atoms with van der Waals surface area (Å²) in [5.41, 5.74) is 0.312. The van der Waals surface area contributed by atoms with Crippen LogP contribution in [0, 0.1) is 19.7 Å². The molecule has 0 saturated heterocycles. The Balaban J connectivity index is 1.94. The number of halogens is 1. The first kappa shape index (κ1) is 14.2. The van der Waals surface area contributed by atoms with Crippen molar-refractivity contribution in [3.8, 4) is 0 Å². The van der Waals surface area contributed by atoms with Gasteiger partial charge in [-0.3, -0.25) is 0 Å². The predicted molar refractivity (Wildman–Crippen MR) is 73.5 cm³/mol. The Kier molecular flexibility index (Phi) is 3.29. The van der Waals surface area contributed by atoms with E-state index in [0.29, 0.717) is 24.5 Å². The van der Waals surface area contributed by atoms with E-state index in [4.69, 9.17) is 0 Å². The summed E-state index contributed by atoms with van der Waals surface area (Å²) in [6.07, 6.45) is 0. The minimum atomic E-state index is -3.65. The fourth-order valence-electron chi connectivity index (χ4n) is 2.41. The molecule has 1 aliphatic rings. The molecule has 2 heterocycles. The highest BCUT2D eigenvalue weighted by atomic mass is 32.2. The van der Waals surface area contributed by atoms with Gasteiger partial charge in [0.05, 0.1) is 11.4 Å². The fraction of sp³-hybridized carbons (Fsp3) is 0.385. The molecule has 1 aromatic carbocycles. The van der Waals surface area contributed by atoms with Gasteiger partial charge in [-0.25, -0.2) is 12.8 Å². The van der Waals surface area contributed by atoms with Crippen LogP contribution in [0.1, 0.15) is 17.2 Å². The Morgan fingerprint density at radius 2 is 1.95 bits per heavy atom. The highest BCUT2D eigenvalue weighted by Gasteiger charge is 2.30. The number of nitrogens with zero attached hydrogens (tertiary/aromatic N) is 4. The second kappa shape index (κ2) is 4.88. The van der Waals surface area contributed by atoms with E-state index in [9.17, 15) is 12.8 Å². The third-order valence-electron chi connectivity index (χ3n) is 3.67. The van der Waals surface area contributed by atoms with E-state index in [1.54, 1.807) is 6.92 Å². The first-order valence-corrected chi connectivity index (χ1v) is 7.98. The molecule has 0 saturated carbocycles. The first-order chi connectivity index (χ1) is 9.89. The summed E-state index contributed by atoms with van der Waals surface area (Å²) in [6.45, 7) is 4.44. The molecule has 0 atom stereocenters.